The summed E-state index contributed by atoms with van der Waals surface area (Å²) in [5, 5.41) is 34.0. The summed E-state index contributed by atoms with van der Waals surface area (Å²) >= 11 is 0. The molecular weight excluding hydrogens is 444 g/mol. The van der Waals surface area contributed by atoms with Crippen LogP contribution < -0.4 is 0 Å². The van der Waals surface area contributed by atoms with Gasteiger partial charge >= 0.3 is 11.9 Å². The first-order valence-corrected chi connectivity index (χ1v) is 12.1. The number of carbonyl (C=O) groups excluding carboxylic acids is 3. The third kappa shape index (κ3) is 2.72. The first kappa shape index (κ1) is 23.9. The minimum atomic E-state index is -1.43. The molecule has 3 N–H and O–H groups in total. The summed E-state index contributed by atoms with van der Waals surface area (Å²) < 4.78 is 17.8. The van der Waals surface area contributed by atoms with Gasteiger partial charge in [-0.3, -0.25) is 9.59 Å². The summed E-state index contributed by atoms with van der Waals surface area (Å²) in [6, 6.07) is 0. The molecule has 3 aliphatic carbocycles. The molecule has 34 heavy (non-hydrogen) atoms. The maximum absolute atomic E-state index is 13.2. The summed E-state index contributed by atoms with van der Waals surface area (Å²) in [6.45, 7) is 8.94. The number of ether oxygens (including phenoxy) is 3. The fraction of sp³-hybridized carbons (Fsp3) is 0.800. The van der Waals surface area contributed by atoms with Gasteiger partial charge in [-0.1, -0.05) is 26.3 Å². The van der Waals surface area contributed by atoms with Crippen molar-refractivity contribution in [1.82, 2.24) is 0 Å². The number of hydrogen-bond acceptors (Lipinski definition) is 9. The second-order valence-electron chi connectivity index (χ2n) is 11.8. The third-order valence-corrected chi connectivity index (χ3v) is 9.54. The van der Waals surface area contributed by atoms with Crippen LogP contribution >= 0.6 is 0 Å². The largest absolute Gasteiger partial charge is 0.459 e. The highest BCUT2D eigenvalue weighted by molar-refractivity contribution is 5.96. The van der Waals surface area contributed by atoms with E-state index in [-0.39, 0.29) is 24.9 Å². The lowest BCUT2D eigenvalue weighted by molar-refractivity contribution is -0.297. The molecule has 9 nitrogen and oxygen atoms in total. The van der Waals surface area contributed by atoms with Crippen molar-refractivity contribution in [1.29, 1.82) is 0 Å². The fourth-order valence-corrected chi connectivity index (χ4v) is 8.20. The van der Waals surface area contributed by atoms with E-state index < -0.39 is 76.5 Å². The van der Waals surface area contributed by atoms with E-state index in [1.807, 2.05) is 13.8 Å². The lowest BCUT2D eigenvalue weighted by Crippen LogP contribution is -2.78. The molecule has 2 aliphatic heterocycles. The highest BCUT2D eigenvalue weighted by Crippen LogP contribution is 2.72. The van der Waals surface area contributed by atoms with Crippen LogP contribution in [0.25, 0.3) is 0 Å². The minimum Gasteiger partial charge on any atom is -0.459 e. The van der Waals surface area contributed by atoms with E-state index in [9.17, 15) is 29.7 Å². The zero-order valence-electron chi connectivity index (χ0n) is 20.2. The van der Waals surface area contributed by atoms with Gasteiger partial charge in [-0.2, -0.15) is 0 Å². The Morgan fingerprint density at radius 1 is 1.21 bits per heavy atom. The van der Waals surface area contributed by atoms with Gasteiger partial charge in [0.1, 0.15) is 23.9 Å². The Kier molecular flexibility index (Phi) is 5.17. The molecule has 1 spiro atoms. The molecule has 5 rings (SSSR count). The quantitative estimate of drug-likeness (QED) is 0.496. The van der Waals surface area contributed by atoms with Gasteiger partial charge in [0.15, 0.2) is 5.78 Å². The van der Waals surface area contributed by atoms with Crippen molar-refractivity contribution < 1.29 is 43.9 Å². The zero-order chi connectivity index (χ0) is 25.0. The van der Waals surface area contributed by atoms with Crippen LogP contribution in [0.2, 0.25) is 0 Å². The summed E-state index contributed by atoms with van der Waals surface area (Å²) in [7, 11) is 0. The smallest absolute Gasteiger partial charge is 0.348 e. The number of esters is 2. The maximum Gasteiger partial charge on any atom is 0.348 e. The zero-order valence-corrected chi connectivity index (χ0v) is 20.2. The molecule has 2 saturated carbocycles. The highest BCUT2D eigenvalue weighted by Gasteiger charge is 2.82. The van der Waals surface area contributed by atoms with Crippen LogP contribution in [0.5, 0.6) is 0 Å². The molecule has 0 aromatic rings. The summed E-state index contributed by atoms with van der Waals surface area (Å²) in [5.74, 6) is -3.71. The predicted molar refractivity (Wildman–Crippen MR) is 116 cm³/mol. The first-order valence-electron chi connectivity index (χ1n) is 12.1. The predicted octanol–water partition coefficient (Wildman–Crippen LogP) is 0.529. The van der Waals surface area contributed by atoms with Crippen molar-refractivity contribution in [2.24, 2.45) is 34.5 Å². The molecule has 0 radical (unpaired) electrons. The number of ketones is 1. The Morgan fingerprint density at radius 3 is 2.53 bits per heavy atom. The van der Waals surface area contributed by atoms with Crippen molar-refractivity contribution >= 4 is 17.7 Å². The van der Waals surface area contributed by atoms with E-state index in [0.29, 0.717) is 6.42 Å². The van der Waals surface area contributed by atoms with Gasteiger partial charge in [-0.25, -0.2) is 4.79 Å². The van der Waals surface area contributed by atoms with Crippen LogP contribution in [0, 0.1) is 34.5 Å². The first-order chi connectivity index (χ1) is 15.8. The number of rotatable bonds is 3. The Hall–Kier alpha value is -1.81. The molecule has 9 heteroatoms. The van der Waals surface area contributed by atoms with Crippen LogP contribution in [0.1, 0.15) is 47.5 Å². The molecule has 0 aromatic carbocycles. The Morgan fingerprint density at radius 2 is 1.88 bits per heavy atom. The molecule has 2 saturated heterocycles. The van der Waals surface area contributed by atoms with Crippen LogP contribution in [0.15, 0.2) is 11.6 Å². The standard InChI is InChI=1S/C25H34O9/c1-10(2)6-15(27)34-17-19-24(5)21(30)16(28)18-23(4)12(11(3)7-13(26)20(23)29)8-14(33-22(17)31)25(18,19)9-32-24/h7,10,12,14,16-21,28-30H,6,8-9H2,1-5H3/t12-,14+,16?,17+,18?,19-,20+,21-,23-,24-,25+/m0/s1. The molecule has 2 unspecified atom stereocenters. The number of aliphatic hydroxyl groups is 3. The van der Waals surface area contributed by atoms with Crippen LogP contribution in [0.4, 0.5) is 0 Å². The van der Waals surface area contributed by atoms with Gasteiger partial charge in [0, 0.05) is 23.2 Å². The van der Waals surface area contributed by atoms with Crippen molar-refractivity contribution in [3.8, 4) is 0 Å². The summed E-state index contributed by atoms with van der Waals surface area (Å²) in [6.07, 6.45) is -4.36. The fourth-order valence-electron chi connectivity index (χ4n) is 8.20. The average molecular weight is 479 g/mol. The van der Waals surface area contributed by atoms with Crippen molar-refractivity contribution in [2.45, 2.75) is 83.6 Å². The monoisotopic (exact) mass is 478 g/mol. The van der Waals surface area contributed by atoms with Gasteiger partial charge in [-0.05, 0) is 38.2 Å². The van der Waals surface area contributed by atoms with Gasteiger partial charge < -0.3 is 29.5 Å². The highest BCUT2D eigenvalue weighted by atomic mass is 16.6. The van der Waals surface area contributed by atoms with Gasteiger partial charge in [-0.15, -0.1) is 0 Å². The van der Waals surface area contributed by atoms with E-state index in [1.165, 1.54) is 6.08 Å². The van der Waals surface area contributed by atoms with Crippen LogP contribution in [0.3, 0.4) is 0 Å². The summed E-state index contributed by atoms with van der Waals surface area (Å²) in [4.78, 5) is 38.6. The maximum atomic E-state index is 13.2. The van der Waals surface area contributed by atoms with E-state index >= 15 is 0 Å². The van der Waals surface area contributed by atoms with Crippen molar-refractivity contribution in [3.05, 3.63) is 11.6 Å². The van der Waals surface area contributed by atoms with Gasteiger partial charge in [0.25, 0.3) is 0 Å². The molecule has 0 aromatic heterocycles. The van der Waals surface area contributed by atoms with Crippen LogP contribution in [-0.2, 0) is 28.6 Å². The molecule has 2 bridgehead atoms. The Labute approximate surface area is 198 Å². The molecule has 0 amide bonds. The Balaban J connectivity index is 1.68. The molecule has 2 heterocycles. The summed E-state index contributed by atoms with van der Waals surface area (Å²) in [5.41, 5.74) is -2.83. The normalized spacial score (nSPS) is 51.4. The second kappa shape index (κ2) is 7.35. The average Bonchev–Trinajstić information content (AvgIpc) is 3.01. The number of hydrogen-bond donors (Lipinski definition) is 3. The third-order valence-electron chi connectivity index (χ3n) is 9.54. The number of carbonyl (C=O) groups is 3. The van der Waals surface area contributed by atoms with Gasteiger partial charge in [0.05, 0.1) is 18.6 Å². The lowest BCUT2D eigenvalue weighted by atomic mass is 9.38. The number of fused-ring (bicyclic) bond motifs is 2. The second-order valence-corrected chi connectivity index (χ2v) is 11.8. The van der Waals surface area contributed by atoms with E-state index in [1.54, 1.807) is 20.8 Å². The van der Waals surface area contributed by atoms with E-state index in [4.69, 9.17) is 14.2 Å². The topological polar surface area (TPSA) is 140 Å². The van der Waals surface area contributed by atoms with Gasteiger partial charge in [0.2, 0.25) is 6.10 Å². The molecule has 4 fully saturated rings. The number of allylic oxidation sites excluding steroid dienone is 1. The molecular formula is C25H34O9. The molecule has 188 valence electrons. The lowest BCUT2D eigenvalue weighted by Gasteiger charge is -2.68. The van der Waals surface area contributed by atoms with Crippen molar-refractivity contribution in [2.75, 3.05) is 6.61 Å². The molecule has 11 atom stereocenters. The van der Waals surface area contributed by atoms with E-state index in [0.717, 1.165) is 5.57 Å². The van der Waals surface area contributed by atoms with Crippen LogP contribution in [-0.4, -0.2) is 75.8 Å². The number of aliphatic hydroxyl groups excluding tert-OH is 3. The van der Waals surface area contributed by atoms with E-state index in [2.05, 4.69) is 0 Å². The minimum absolute atomic E-state index is 0.0145. The Bertz CT molecular complexity index is 973. The van der Waals surface area contributed by atoms with Crippen molar-refractivity contribution in [3.63, 3.8) is 0 Å². The molecule has 5 aliphatic rings. The SMILES string of the molecule is CC1=CC(=O)[C@@H](O)[C@]2(C)C3C(O)[C@H](O)[C@@]4(C)OC[C@@]35[C@@H](C[C@@H]12)OC(=O)[C@H](OC(=O)CC(C)C)[C@@H]45.